The van der Waals surface area contributed by atoms with E-state index in [9.17, 15) is 23.3 Å². The molecular formula is C29H25N3O5S. The van der Waals surface area contributed by atoms with E-state index in [1.165, 1.54) is 36.4 Å². The molecule has 38 heavy (non-hydrogen) atoms. The maximum Gasteiger partial charge on any atom is 0.269 e. The summed E-state index contributed by atoms with van der Waals surface area (Å²) >= 11 is 0. The second-order valence-corrected chi connectivity index (χ2v) is 10.4. The van der Waals surface area contributed by atoms with Crippen LogP contribution in [0.5, 0.6) is 0 Å². The predicted molar refractivity (Wildman–Crippen MR) is 149 cm³/mol. The average molecular weight is 528 g/mol. The van der Waals surface area contributed by atoms with E-state index >= 15 is 0 Å². The highest BCUT2D eigenvalue weighted by Gasteiger charge is 2.17. The Balaban J connectivity index is 1.56. The Morgan fingerprint density at radius 2 is 1.53 bits per heavy atom. The van der Waals surface area contributed by atoms with Gasteiger partial charge in [-0.1, -0.05) is 42.5 Å². The first-order valence-electron chi connectivity index (χ1n) is 11.7. The number of nitro groups is 1. The zero-order valence-corrected chi connectivity index (χ0v) is 21.5. The molecule has 0 heterocycles. The number of carbonyl (C=O) groups is 1. The molecule has 9 heteroatoms. The Kier molecular flexibility index (Phi) is 7.68. The molecule has 0 atom stereocenters. The molecule has 0 aliphatic rings. The number of sulfonamides is 1. The molecule has 0 saturated carbocycles. The maximum absolute atomic E-state index is 13.3. The van der Waals surface area contributed by atoms with Gasteiger partial charge in [-0.15, -0.1) is 0 Å². The van der Waals surface area contributed by atoms with E-state index in [4.69, 9.17) is 0 Å². The van der Waals surface area contributed by atoms with Gasteiger partial charge in [-0.2, -0.15) is 0 Å². The van der Waals surface area contributed by atoms with Crippen LogP contribution in [0, 0.1) is 24.0 Å². The second-order valence-electron chi connectivity index (χ2n) is 8.68. The molecule has 192 valence electrons. The minimum Gasteiger partial charge on any atom is -0.322 e. The van der Waals surface area contributed by atoms with E-state index < -0.39 is 20.9 Å². The van der Waals surface area contributed by atoms with Gasteiger partial charge in [-0.25, -0.2) is 8.42 Å². The molecule has 0 fully saturated rings. The summed E-state index contributed by atoms with van der Waals surface area (Å²) in [7, 11) is -3.83. The van der Waals surface area contributed by atoms with Gasteiger partial charge >= 0.3 is 0 Å². The average Bonchev–Trinajstić information content (AvgIpc) is 2.90. The fourth-order valence-electron chi connectivity index (χ4n) is 3.72. The van der Waals surface area contributed by atoms with Crippen LogP contribution < -0.4 is 10.0 Å². The molecule has 0 bridgehead atoms. The first-order valence-corrected chi connectivity index (χ1v) is 13.1. The summed E-state index contributed by atoms with van der Waals surface area (Å²) in [5.41, 5.74) is 4.21. The van der Waals surface area contributed by atoms with E-state index in [2.05, 4.69) is 10.0 Å². The van der Waals surface area contributed by atoms with E-state index in [0.717, 1.165) is 11.1 Å². The van der Waals surface area contributed by atoms with Gasteiger partial charge < -0.3 is 5.32 Å². The fourth-order valence-corrected chi connectivity index (χ4v) is 4.84. The number of rotatable bonds is 8. The lowest BCUT2D eigenvalue weighted by Gasteiger charge is -2.13. The van der Waals surface area contributed by atoms with Crippen molar-refractivity contribution >= 4 is 44.6 Å². The SMILES string of the molecule is Cc1ccc(C)c(NS(=O)(=O)c2ccc(NC(=O)/C(=C/c3ccc([N+](=O)[O-])cc3)c3ccccc3)cc2)c1. The Bertz CT molecular complexity index is 1610. The Morgan fingerprint density at radius 1 is 0.868 bits per heavy atom. The van der Waals surface area contributed by atoms with Crippen LogP contribution in [0.25, 0.3) is 11.6 Å². The van der Waals surface area contributed by atoms with Crippen molar-refractivity contribution < 1.29 is 18.1 Å². The first kappa shape index (κ1) is 26.3. The monoisotopic (exact) mass is 527 g/mol. The molecular weight excluding hydrogens is 502 g/mol. The van der Waals surface area contributed by atoms with Gasteiger partial charge in [0.15, 0.2) is 0 Å². The number of carbonyl (C=O) groups excluding carboxylic acids is 1. The number of aryl methyl sites for hydroxylation is 2. The van der Waals surface area contributed by atoms with Crippen molar-refractivity contribution in [2.45, 2.75) is 18.7 Å². The molecule has 8 nitrogen and oxygen atoms in total. The van der Waals surface area contributed by atoms with E-state index in [0.29, 0.717) is 28.1 Å². The van der Waals surface area contributed by atoms with E-state index in [1.54, 1.807) is 48.5 Å². The lowest BCUT2D eigenvalue weighted by atomic mass is 10.0. The summed E-state index contributed by atoms with van der Waals surface area (Å²) in [6.45, 7) is 3.71. The van der Waals surface area contributed by atoms with Crippen molar-refractivity contribution in [3.05, 3.63) is 129 Å². The molecule has 4 aromatic rings. The molecule has 0 aliphatic heterocycles. The zero-order chi connectivity index (χ0) is 27.3. The van der Waals surface area contributed by atoms with Crippen molar-refractivity contribution in [3.8, 4) is 0 Å². The molecule has 0 aromatic heterocycles. The zero-order valence-electron chi connectivity index (χ0n) is 20.7. The topological polar surface area (TPSA) is 118 Å². The summed E-state index contributed by atoms with van der Waals surface area (Å²) in [5.74, 6) is -0.418. The molecule has 4 aromatic carbocycles. The fraction of sp³-hybridized carbons (Fsp3) is 0.0690. The minimum absolute atomic E-state index is 0.0463. The van der Waals surface area contributed by atoms with Crippen LogP contribution in [-0.2, 0) is 14.8 Å². The van der Waals surface area contributed by atoms with Crippen LogP contribution in [0.15, 0.2) is 102 Å². The van der Waals surface area contributed by atoms with Crippen LogP contribution in [0.4, 0.5) is 17.1 Å². The summed E-state index contributed by atoms with van der Waals surface area (Å²) in [6.07, 6.45) is 1.64. The number of anilines is 2. The highest BCUT2D eigenvalue weighted by atomic mass is 32.2. The molecule has 0 spiro atoms. The Hall–Kier alpha value is -4.76. The number of nitro benzene ring substituents is 1. The third kappa shape index (κ3) is 6.32. The third-order valence-electron chi connectivity index (χ3n) is 5.80. The lowest BCUT2D eigenvalue weighted by Crippen LogP contribution is -2.15. The van der Waals surface area contributed by atoms with E-state index in [1.807, 2.05) is 32.0 Å². The lowest BCUT2D eigenvalue weighted by molar-refractivity contribution is -0.384. The number of non-ortho nitro benzene ring substituents is 1. The summed E-state index contributed by atoms with van der Waals surface area (Å²) in [4.78, 5) is 23.8. The smallest absolute Gasteiger partial charge is 0.269 e. The first-order chi connectivity index (χ1) is 18.1. The van der Waals surface area contributed by atoms with Gasteiger partial charge in [0.1, 0.15) is 0 Å². The van der Waals surface area contributed by atoms with Gasteiger partial charge in [-0.3, -0.25) is 19.6 Å². The Labute approximate surface area is 220 Å². The van der Waals surface area contributed by atoms with Gasteiger partial charge in [0.2, 0.25) is 0 Å². The number of nitrogens with one attached hydrogen (secondary N) is 2. The highest BCUT2D eigenvalue weighted by Crippen LogP contribution is 2.24. The van der Waals surface area contributed by atoms with Crippen LogP contribution in [-0.4, -0.2) is 19.2 Å². The van der Waals surface area contributed by atoms with E-state index in [-0.39, 0.29) is 10.6 Å². The van der Waals surface area contributed by atoms with Crippen LogP contribution in [0.3, 0.4) is 0 Å². The van der Waals surface area contributed by atoms with Gasteiger partial charge in [0.25, 0.3) is 21.6 Å². The molecule has 1 amide bonds. The molecule has 0 unspecified atom stereocenters. The number of nitrogens with zero attached hydrogens (tertiary/aromatic N) is 1. The number of benzene rings is 4. The van der Waals surface area contributed by atoms with Gasteiger partial charge in [-0.05, 0) is 84.6 Å². The summed E-state index contributed by atoms with van der Waals surface area (Å²) < 4.78 is 28.4. The standard InChI is InChI=1S/C29H25N3O5S/c1-20-8-9-21(2)28(18-20)31-38(36,37)26-16-12-24(13-17-26)30-29(33)27(23-6-4-3-5-7-23)19-22-10-14-25(15-11-22)32(34)35/h3-19,31H,1-2H3,(H,30,33)/b27-19+. The molecule has 0 aliphatic carbocycles. The minimum atomic E-state index is -3.83. The van der Waals surface area contributed by atoms with Crippen molar-refractivity contribution in [3.63, 3.8) is 0 Å². The van der Waals surface area contributed by atoms with Crippen molar-refractivity contribution in [2.75, 3.05) is 10.0 Å². The Morgan fingerprint density at radius 3 is 2.16 bits per heavy atom. The molecule has 0 radical (unpaired) electrons. The van der Waals surface area contributed by atoms with Crippen molar-refractivity contribution in [1.82, 2.24) is 0 Å². The number of amides is 1. The number of hydrogen-bond donors (Lipinski definition) is 2. The second kappa shape index (κ2) is 11.1. The largest absolute Gasteiger partial charge is 0.322 e. The summed E-state index contributed by atoms with van der Waals surface area (Å²) in [6, 6.07) is 26.3. The molecule has 2 N–H and O–H groups in total. The highest BCUT2D eigenvalue weighted by molar-refractivity contribution is 7.92. The van der Waals surface area contributed by atoms with Crippen LogP contribution in [0.1, 0.15) is 22.3 Å². The molecule has 4 rings (SSSR count). The normalized spacial score (nSPS) is 11.6. The van der Waals surface area contributed by atoms with Crippen LogP contribution in [0.2, 0.25) is 0 Å². The number of hydrogen-bond acceptors (Lipinski definition) is 5. The van der Waals surface area contributed by atoms with Crippen molar-refractivity contribution in [1.29, 1.82) is 0 Å². The molecule has 0 saturated heterocycles. The van der Waals surface area contributed by atoms with Crippen LogP contribution >= 0.6 is 0 Å². The maximum atomic E-state index is 13.3. The van der Waals surface area contributed by atoms with Gasteiger partial charge in [0, 0.05) is 23.4 Å². The van der Waals surface area contributed by atoms with Gasteiger partial charge in [0.05, 0.1) is 15.5 Å². The predicted octanol–water partition coefficient (Wildman–Crippen LogP) is 6.19. The third-order valence-corrected chi connectivity index (χ3v) is 7.19. The van der Waals surface area contributed by atoms with Crippen molar-refractivity contribution in [2.24, 2.45) is 0 Å². The quantitative estimate of drug-likeness (QED) is 0.123. The summed E-state index contributed by atoms with van der Waals surface area (Å²) in [5, 5.41) is 13.8.